The van der Waals surface area contributed by atoms with Crippen LogP contribution in [-0.4, -0.2) is 33.3 Å². The number of hydrogen-bond donors (Lipinski definition) is 3. The molecule has 200 valence electrons. The van der Waals surface area contributed by atoms with E-state index in [0.717, 1.165) is 11.1 Å². The molecule has 4 rings (SSSR count). The molecule has 38 heavy (non-hydrogen) atoms. The van der Waals surface area contributed by atoms with Crippen LogP contribution in [-0.2, 0) is 26.0 Å². The van der Waals surface area contributed by atoms with Gasteiger partial charge in [0.15, 0.2) is 0 Å². The number of rotatable bonds is 10. The molecule has 1 unspecified atom stereocenters. The van der Waals surface area contributed by atoms with Gasteiger partial charge in [0, 0.05) is 37.2 Å². The molecule has 9 heteroatoms. The predicted octanol–water partition coefficient (Wildman–Crippen LogP) is 4.00. The highest BCUT2D eigenvalue weighted by molar-refractivity contribution is 7.89. The van der Waals surface area contributed by atoms with Gasteiger partial charge in [-0.2, -0.15) is 0 Å². The molecule has 0 radical (unpaired) electrons. The summed E-state index contributed by atoms with van der Waals surface area (Å²) in [5.41, 5.74) is 8.32. The fourth-order valence-electron chi connectivity index (χ4n) is 4.71. The maximum absolute atomic E-state index is 13.7. The largest absolute Gasteiger partial charge is 0.370 e. The van der Waals surface area contributed by atoms with Gasteiger partial charge in [0.1, 0.15) is 4.90 Å². The SMILES string of the molecule is CC(NS(=O)(=O)c1cc(NC(=O)CCc2ccccc2)ccc1N1CCC(C(N)=O)CC1)c1ccccc1. The molecule has 1 heterocycles. The third-order valence-corrected chi connectivity index (χ3v) is 8.46. The molecular formula is C29H34N4O4S. The molecule has 1 aliphatic rings. The minimum absolute atomic E-state index is 0.0821. The lowest BCUT2D eigenvalue weighted by Crippen LogP contribution is -2.39. The van der Waals surface area contributed by atoms with Gasteiger partial charge in [-0.05, 0) is 55.5 Å². The lowest BCUT2D eigenvalue weighted by molar-refractivity contribution is -0.122. The summed E-state index contributed by atoms with van der Waals surface area (Å²) in [6, 6.07) is 23.5. The number of primary amides is 1. The molecular weight excluding hydrogens is 500 g/mol. The first-order chi connectivity index (χ1) is 18.2. The zero-order valence-corrected chi connectivity index (χ0v) is 22.3. The van der Waals surface area contributed by atoms with Crippen LogP contribution in [0.1, 0.15) is 43.4 Å². The lowest BCUT2D eigenvalue weighted by atomic mass is 9.96. The first-order valence-corrected chi connectivity index (χ1v) is 14.3. The number of amides is 2. The Hall–Kier alpha value is -3.69. The number of nitrogens with two attached hydrogens (primary N) is 1. The van der Waals surface area contributed by atoms with E-state index in [1.54, 1.807) is 19.1 Å². The second-order valence-corrected chi connectivity index (χ2v) is 11.3. The van der Waals surface area contributed by atoms with Gasteiger partial charge in [-0.25, -0.2) is 13.1 Å². The number of nitrogens with zero attached hydrogens (tertiary/aromatic N) is 1. The summed E-state index contributed by atoms with van der Waals surface area (Å²) < 4.78 is 30.1. The number of sulfonamides is 1. The Balaban J connectivity index is 1.57. The van der Waals surface area contributed by atoms with Gasteiger partial charge in [0.2, 0.25) is 21.8 Å². The van der Waals surface area contributed by atoms with Crippen molar-refractivity contribution >= 4 is 33.2 Å². The Kier molecular flexibility index (Phi) is 8.81. The number of hydrogen-bond acceptors (Lipinski definition) is 5. The summed E-state index contributed by atoms with van der Waals surface area (Å²) in [4.78, 5) is 26.3. The molecule has 0 aromatic heterocycles. The first-order valence-electron chi connectivity index (χ1n) is 12.8. The summed E-state index contributed by atoms with van der Waals surface area (Å²) in [7, 11) is -3.97. The van der Waals surface area contributed by atoms with Crippen molar-refractivity contribution in [3.05, 3.63) is 90.0 Å². The van der Waals surface area contributed by atoms with E-state index in [4.69, 9.17) is 5.73 Å². The van der Waals surface area contributed by atoms with E-state index in [1.807, 2.05) is 65.6 Å². The third kappa shape index (κ3) is 6.99. The highest BCUT2D eigenvalue weighted by atomic mass is 32.2. The number of piperidine rings is 1. The van der Waals surface area contributed by atoms with E-state index in [0.29, 0.717) is 43.7 Å². The molecule has 1 fully saturated rings. The molecule has 1 aliphatic heterocycles. The van der Waals surface area contributed by atoms with Gasteiger partial charge >= 0.3 is 0 Å². The van der Waals surface area contributed by atoms with Gasteiger partial charge in [0.25, 0.3) is 0 Å². The average molecular weight is 535 g/mol. The lowest BCUT2D eigenvalue weighted by Gasteiger charge is -2.33. The standard InChI is InChI=1S/C29H34N4O4S/c1-21(23-10-6-3-7-11-23)32-38(36,37)27-20-25(31-28(34)15-12-22-8-4-2-5-9-22)13-14-26(27)33-18-16-24(17-19-33)29(30)35/h2-11,13-14,20-21,24,32H,12,15-19H2,1H3,(H2,30,35)(H,31,34). The zero-order valence-electron chi connectivity index (χ0n) is 21.5. The van der Waals surface area contributed by atoms with Crippen molar-refractivity contribution < 1.29 is 18.0 Å². The molecule has 8 nitrogen and oxygen atoms in total. The van der Waals surface area contributed by atoms with E-state index in [9.17, 15) is 18.0 Å². The summed E-state index contributed by atoms with van der Waals surface area (Å²) in [6.07, 6.45) is 1.97. The van der Waals surface area contributed by atoms with Crippen LogP contribution < -0.4 is 20.7 Å². The van der Waals surface area contributed by atoms with Crippen LogP contribution in [0.4, 0.5) is 11.4 Å². The summed E-state index contributed by atoms with van der Waals surface area (Å²) in [6.45, 7) is 2.81. The van der Waals surface area contributed by atoms with Crippen LogP contribution in [0.2, 0.25) is 0 Å². The fraction of sp³-hybridized carbons (Fsp3) is 0.310. The maximum atomic E-state index is 13.7. The Morgan fingerprint density at radius 2 is 1.61 bits per heavy atom. The smallest absolute Gasteiger partial charge is 0.243 e. The van der Waals surface area contributed by atoms with Crippen molar-refractivity contribution in [2.75, 3.05) is 23.3 Å². The fourth-order valence-corrected chi connectivity index (χ4v) is 6.19. The van der Waals surface area contributed by atoms with Crippen LogP contribution >= 0.6 is 0 Å². The summed E-state index contributed by atoms with van der Waals surface area (Å²) in [5, 5.41) is 2.85. The predicted molar refractivity (Wildman–Crippen MR) is 149 cm³/mol. The first kappa shape index (κ1) is 27.3. The Bertz CT molecular complexity index is 1360. The van der Waals surface area contributed by atoms with Crippen LogP contribution in [0.25, 0.3) is 0 Å². The summed E-state index contributed by atoms with van der Waals surface area (Å²) in [5.74, 6) is -0.743. The van der Waals surface area contributed by atoms with Gasteiger partial charge < -0.3 is 16.0 Å². The van der Waals surface area contributed by atoms with Gasteiger partial charge in [-0.15, -0.1) is 0 Å². The minimum Gasteiger partial charge on any atom is -0.370 e. The highest BCUT2D eigenvalue weighted by Crippen LogP contribution is 2.32. The Morgan fingerprint density at radius 3 is 2.24 bits per heavy atom. The molecule has 2 amide bonds. The molecule has 4 N–H and O–H groups in total. The molecule has 1 atom stereocenters. The van der Waals surface area contributed by atoms with Crippen molar-refractivity contribution in [2.45, 2.75) is 43.5 Å². The van der Waals surface area contributed by atoms with Crippen LogP contribution in [0.3, 0.4) is 0 Å². The minimum atomic E-state index is -3.97. The third-order valence-electron chi connectivity index (χ3n) is 6.89. The van der Waals surface area contributed by atoms with E-state index < -0.39 is 16.1 Å². The quantitative estimate of drug-likeness (QED) is 0.363. The molecule has 3 aromatic rings. The van der Waals surface area contributed by atoms with E-state index >= 15 is 0 Å². The molecule has 0 bridgehead atoms. The van der Waals surface area contributed by atoms with Crippen LogP contribution in [0.15, 0.2) is 83.8 Å². The van der Waals surface area contributed by atoms with Crippen LogP contribution in [0.5, 0.6) is 0 Å². The number of carbonyl (C=O) groups is 2. The molecule has 0 aliphatic carbocycles. The number of nitrogens with one attached hydrogen (secondary N) is 2. The van der Waals surface area contributed by atoms with E-state index in [1.165, 1.54) is 6.07 Å². The topological polar surface area (TPSA) is 122 Å². The van der Waals surface area contributed by atoms with Crippen molar-refractivity contribution in [2.24, 2.45) is 11.7 Å². The Labute approximate surface area is 224 Å². The number of carbonyl (C=O) groups excluding carboxylic acids is 2. The highest BCUT2D eigenvalue weighted by Gasteiger charge is 2.29. The molecule has 1 saturated heterocycles. The monoisotopic (exact) mass is 534 g/mol. The number of aryl methyl sites for hydroxylation is 1. The molecule has 3 aromatic carbocycles. The molecule has 0 spiro atoms. The van der Waals surface area contributed by atoms with Crippen molar-refractivity contribution in [1.82, 2.24) is 4.72 Å². The average Bonchev–Trinajstić information content (AvgIpc) is 2.93. The zero-order chi connectivity index (χ0) is 27.1. The summed E-state index contributed by atoms with van der Waals surface area (Å²) >= 11 is 0. The van der Waals surface area contributed by atoms with Crippen LogP contribution in [0, 0.1) is 5.92 Å². The van der Waals surface area contributed by atoms with Gasteiger partial charge in [0.05, 0.1) is 5.69 Å². The van der Waals surface area contributed by atoms with Gasteiger partial charge in [-0.3, -0.25) is 9.59 Å². The van der Waals surface area contributed by atoms with E-state index in [2.05, 4.69) is 10.0 Å². The molecule has 0 saturated carbocycles. The van der Waals surface area contributed by atoms with Crippen molar-refractivity contribution in [3.63, 3.8) is 0 Å². The number of benzene rings is 3. The number of anilines is 2. The van der Waals surface area contributed by atoms with Crippen molar-refractivity contribution in [1.29, 1.82) is 0 Å². The maximum Gasteiger partial charge on any atom is 0.243 e. The van der Waals surface area contributed by atoms with E-state index in [-0.39, 0.29) is 29.0 Å². The Morgan fingerprint density at radius 1 is 0.974 bits per heavy atom. The van der Waals surface area contributed by atoms with Crippen molar-refractivity contribution in [3.8, 4) is 0 Å². The normalized spacial score (nSPS) is 15.1. The second-order valence-electron chi connectivity index (χ2n) is 9.63. The second kappa shape index (κ2) is 12.2. The van der Waals surface area contributed by atoms with Gasteiger partial charge in [-0.1, -0.05) is 60.7 Å².